The number of alkyl halides is 3. The van der Waals surface area contributed by atoms with Gasteiger partial charge >= 0.3 is 6.18 Å². The molecular weight excluding hydrogens is 265 g/mol. The van der Waals surface area contributed by atoms with Gasteiger partial charge in [0, 0.05) is 0 Å². The number of ether oxygens (including phenoxy) is 1. The van der Waals surface area contributed by atoms with E-state index in [1.807, 2.05) is 0 Å². The lowest BCUT2D eigenvalue weighted by molar-refractivity contribution is -0.385. The summed E-state index contributed by atoms with van der Waals surface area (Å²) in [6.45, 7) is 0.758. The molecule has 1 aromatic rings. The van der Waals surface area contributed by atoms with Crippen LogP contribution < -0.4 is 4.74 Å². The molecule has 1 atom stereocenters. The normalized spacial score (nSPS) is 13.2. The van der Waals surface area contributed by atoms with Crippen LogP contribution in [0.15, 0.2) is 12.1 Å². The molecule has 0 aliphatic carbocycles. The third-order valence-corrected chi connectivity index (χ3v) is 1.92. The Balaban J connectivity index is 2.96. The summed E-state index contributed by atoms with van der Waals surface area (Å²) in [5, 5.41) is 10.1. The van der Waals surface area contributed by atoms with E-state index < -0.39 is 28.8 Å². The Morgan fingerprint density at radius 1 is 1.53 bits per heavy atom. The average Bonchev–Trinajstić information content (AvgIpc) is 2.14. The third kappa shape index (κ3) is 3.74. The molecule has 5 nitrogen and oxygen atoms in total. The van der Waals surface area contributed by atoms with E-state index in [4.69, 9.17) is 11.6 Å². The Morgan fingerprint density at radius 3 is 2.59 bits per heavy atom. The number of halogens is 4. The molecule has 1 rings (SSSR count). The molecule has 1 unspecified atom stereocenters. The lowest BCUT2D eigenvalue weighted by Gasteiger charge is -2.16. The second-order valence-electron chi connectivity index (χ2n) is 3.05. The minimum absolute atomic E-state index is 0.316. The molecular formula is C8H6ClF3N2O3. The van der Waals surface area contributed by atoms with Gasteiger partial charge in [-0.1, -0.05) is 11.6 Å². The standard InChI is InChI=1S/C8H6ClF3N2O3/c1-4(8(10,11)12)17-7-3-5(14(15)16)2-6(9)13-7/h2-4H,1H3. The fraction of sp³-hybridized carbons (Fsp3) is 0.375. The number of hydrogen-bond acceptors (Lipinski definition) is 4. The number of pyridine rings is 1. The highest BCUT2D eigenvalue weighted by atomic mass is 35.5. The number of aromatic nitrogens is 1. The van der Waals surface area contributed by atoms with E-state index in [0.29, 0.717) is 0 Å². The van der Waals surface area contributed by atoms with Crippen molar-refractivity contribution in [3.05, 3.63) is 27.4 Å². The van der Waals surface area contributed by atoms with Crippen molar-refractivity contribution in [2.75, 3.05) is 0 Å². The second kappa shape index (κ2) is 4.74. The predicted molar refractivity (Wildman–Crippen MR) is 52.0 cm³/mol. The molecule has 0 saturated carbocycles. The van der Waals surface area contributed by atoms with Crippen molar-refractivity contribution in [3.63, 3.8) is 0 Å². The third-order valence-electron chi connectivity index (χ3n) is 1.72. The number of nitro groups is 1. The molecule has 0 aromatic carbocycles. The van der Waals surface area contributed by atoms with Gasteiger partial charge in [0.1, 0.15) is 5.15 Å². The summed E-state index contributed by atoms with van der Waals surface area (Å²) in [6, 6.07) is 1.68. The maximum absolute atomic E-state index is 12.2. The largest absolute Gasteiger partial charge is 0.465 e. The van der Waals surface area contributed by atoms with Gasteiger partial charge < -0.3 is 4.74 Å². The monoisotopic (exact) mass is 270 g/mol. The van der Waals surface area contributed by atoms with E-state index >= 15 is 0 Å². The van der Waals surface area contributed by atoms with Crippen LogP contribution >= 0.6 is 11.6 Å². The zero-order valence-corrected chi connectivity index (χ0v) is 9.12. The Kier molecular flexibility index (Phi) is 3.76. The summed E-state index contributed by atoms with van der Waals surface area (Å²) in [5.74, 6) is -0.547. The molecule has 0 bridgehead atoms. The zero-order chi connectivity index (χ0) is 13.2. The Hall–Kier alpha value is -1.57. The molecule has 0 aliphatic heterocycles. The summed E-state index contributed by atoms with van der Waals surface area (Å²) in [4.78, 5) is 13.0. The minimum atomic E-state index is -4.58. The van der Waals surface area contributed by atoms with Crippen molar-refractivity contribution in [2.24, 2.45) is 0 Å². The highest BCUT2D eigenvalue weighted by molar-refractivity contribution is 6.29. The van der Waals surface area contributed by atoms with E-state index in [1.165, 1.54) is 0 Å². The second-order valence-corrected chi connectivity index (χ2v) is 3.43. The molecule has 1 heterocycles. The maximum Gasteiger partial charge on any atom is 0.425 e. The highest BCUT2D eigenvalue weighted by Gasteiger charge is 2.38. The van der Waals surface area contributed by atoms with Crippen molar-refractivity contribution in [1.82, 2.24) is 4.98 Å². The van der Waals surface area contributed by atoms with E-state index in [-0.39, 0.29) is 5.15 Å². The molecule has 9 heteroatoms. The molecule has 0 saturated heterocycles. The molecule has 1 aromatic heterocycles. The fourth-order valence-corrected chi connectivity index (χ4v) is 1.07. The van der Waals surface area contributed by atoms with Crippen LogP contribution in [0.1, 0.15) is 6.92 Å². The molecule has 94 valence electrons. The summed E-state index contributed by atoms with van der Waals surface area (Å²) in [5.41, 5.74) is -0.491. The summed E-state index contributed by atoms with van der Waals surface area (Å²) in [7, 11) is 0. The van der Waals surface area contributed by atoms with Crippen LogP contribution in [-0.2, 0) is 0 Å². The van der Waals surface area contributed by atoms with Crippen LogP contribution in [0.3, 0.4) is 0 Å². The number of nitrogens with zero attached hydrogens (tertiary/aromatic N) is 2. The molecule has 0 fully saturated rings. The lowest BCUT2D eigenvalue weighted by atomic mass is 10.4. The number of rotatable bonds is 3. The minimum Gasteiger partial charge on any atom is -0.465 e. The molecule has 17 heavy (non-hydrogen) atoms. The van der Waals surface area contributed by atoms with Crippen LogP contribution in [-0.4, -0.2) is 22.2 Å². The maximum atomic E-state index is 12.2. The van der Waals surface area contributed by atoms with Gasteiger partial charge in [-0.25, -0.2) is 4.98 Å². The Labute approximate surface area is 98.3 Å². The first kappa shape index (κ1) is 13.5. The van der Waals surface area contributed by atoms with E-state index in [1.54, 1.807) is 0 Å². The molecule has 0 aliphatic rings. The summed E-state index contributed by atoms with van der Waals surface area (Å²) < 4.78 is 40.9. The number of hydrogen-bond donors (Lipinski definition) is 0. The zero-order valence-electron chi connectivity index (χ0n) is 8.36. The van der Waals surface area contributed by atoms with Crippen molar-refractivity contribution in [2.45, 2.75) is 19.2 Å². The molecule has 0 amide bonds. The molecule has 0 spiro atoms. The van der Waals surface area contributed by atoms with E-state index in [2.05, 4.69) is 9.72 Å². The van der Waals surface area contributed by atoms with Crippen molar-refractivity contribution >= 4 is 17.3 Å². The van der Waals surface area contributed by atoms with Crippen LogP contribution in [0.5, 0.6) is 5.88 Å². The van der Waals surface area contributed by atoms with Gasteiger partial charge in [0.15, 0.2) is 6.10 Å². The van der Waals surface area contributed by atoms with Crippen molar-refractivity contribution < 1.29 is 22.8 Å². The lowest BCUT2D eigenvalue weighted by Crippen LogP contribution is -2.31. The SMILES string of the molecule is CC(Oc1cc([N+](=O)[O-])cc(Cl)n1)C(F)(F)F. The van der Waals surface area contributed by atoms with E-state index in [0.717, 1.165) is 19.1 Å². The summed E-state index contributed by atoms with van der Waals surface area (Å²) in [6.07, 6.45) is -6.72. The smallest absolute Gasteiger partial charge is 0.425 e. The van der Waals surface area contributed by atoms with Gasteiger partial charge in [-0.3, -0.25) is 10.1 Å². The van der Waals surface area contributed by atoms with E-state index in [9.17, 15) is 23.3 Å². The first-order valence-corrected chi connectivity index (χ1v) is 4.63. The highest BCUT2D eigenvalue weighted by Crippen LogP contribution is 2.27. The van der Waals surface area contributed by atoms with Gasteiger partial charge in [0.25, 0.3) is 5.69 Å². The van der Waals surface area contributed by atoms with Crippen LogP contribution in [0.2, 0.25) is 5.15 Å². The summed E-state index contributed by atoms with van der Waals surface area (Å²) >= 11 is 5.41. The Bertz CT molecular complexity index is 439. The first-order valence-electron chi connectivity index (χ1n) is 4.25. The predicted octanol–water partition coefficient (Wildman–Crippen LogP) is 2.97. The topological polar surface area (TPSA) is 65.3 Å². The quantitative estimate of drug-likeness (QED) is 0.481. The molecule has 0 radical (unpaired) electrons. The van der Waals surface area contributed by atoms with Gasteiger partial charge in [0.05, 0.1) is 17.1 Å². The van der Waals surface area contributed by atoms with Gasteiger partial charge in [-0.05, 0) is 6.92 Å². The van der Waals surface area contributed by atoms with Crippen LogP contribution in [0.4, 0.5) is 18.9 Å². The molecule has 0 N–H and O–H groups in total. The van der Waals surface area contributed by atoms with Gasteiger partial charge in [-0.2, -0.15) is 13.2 Å². The van der Waals surface area contributed by atoms with Crippen molar-refractivity contribution in [3.8, 4) is 5.88 Å². The van der Waals surface area contributed by atoms with Crippen LogP contribution in [0, 0.1) is 10.1 Å². The Morgan fingerprint density at radius 2 is 2.12 bits per heavy atom. The van der Waals surface area contributed by atoms with Gasteiger partial charge in [0.2, 0.25) is 5.88 Å². The first-order chi connectivity index (χ1) is 7.70. The van der Waals surface area contributed by atoms with Crippen molar-refractivity contribution in [1.29, 1.82) is 0 Å². The van der Waals surface area contributed by atoms with Crippen LogP contribution in [0.25, 0.3) is 0 Å². The van der Waals surface area contributed by atoms with Gasteiger partial charge in [-0.15, -0.1) is 0 Å². The average molecular weight is 271 g/mol. The fourth-order valence-electron chi connectivity index (χ4n) is 0.874.